The van der Waals surface area contributed by atoms with Crippen molar-refractivity contribution < 1.29 is 0 Å². The average molecular weight is 407 g/mol. The van der Waals surface area contributed by atoms with Crippen LogP contribution in [0.4, 0.5) is 0 Å². The molecule has 0 radical (unpaired) electrons. The van der Waals surface area contributed by atoms with Crippen LogP contribution in [0.3, 0.4) is 0 Å². The molecule has 0 heterocycles. The molecule has 0 bridgehead atoms. The molecule has 0 fully saturated rings. The molecule has 0 amide bonds. The van der Waals surface area contributed by atoms with Crippen molar-refractivity contribution in [2.24, 2.45) is 0 Å². The normalized spacial score (nSPS) is 13.6. The Balaban J connectivity index is 3.44. The van der Waals surface area contributed by atoms with Gasteiger partial charge in [0.25, 0.3) is 0 Å². The number of hydrogen-bond acceptors (Lipinski definition) is 0. The van der Waals surface area contributed by atoms with E-state index in [0.29, 0.717) is 0 Å². The Morgan fingerprint density at radius 2 is 1.09 bits per heavy atom. The van der Waals surface area contributed by atoms with Gasteiger partial charge in [0, 0.05) is 0 Å². The summed E-state index contributed by atoms with van der Waals surface area (Å²) in [4.78, 5) is 0. The van der Waals surface area contributed by atoms with Crippen molar-refractivity contribution in [3.8, 4) is 0 Å². The zero-order valence-electron chi connectivity index (χ0n) is 7.88. The van der Waals surface area contributed by atoms with Crippen LogP contribution in [0, 0.1) is 0 Å². The second-order valence-electron chi connectivity index (χ2n) is 4.29. The summed E-state index contributed by atoms with van der Waals surface area (Å²) >= 11 is 4.91. The van der Waals surface area contributed by atoms with Crippen molar-refractivity contribution in [1.29, 1.82) is 0 Å². The van der Waals surface area contributed by atoms with Crippen LogP contribution in [0.15, 0.2) is 0 Å². The number of rotatable bonds is 4. The molecule has 4 heteroatoms. The van der Waals surface area contributed by atoms with E-state index in [2.05, 4.69) is 51.0 Å². The first-order valence-corrected chi connectivity index (χ1v) is 25.3. The molecule has 0 aliphatic rings. The minimum atomic E-state index is -1.38. The van der Waals surface area contributed by atoms with Crippen LogP contribution in [0.1, 0.15) is 6.42 Å². The van der Waals surface area contributed by atoms with Gasteiger partial charge in [-0.05, 0) is 0 Å². The van der Waals surface area contributed by atoms with E-state index < -0.39 is 22.8 Å². The van der Waals surface area contributed by atoms with Crippen LogP contribution in [0.25, 0.3) is 0 Å². The predicted molar refractivity (Wildman–Crippen MR) is 67.0 cm³/mol. The maximum absolute atomic E-state index is 3.84. The third-order valence-corrected chi connectivity index (χ3v) is 12.1. The van der Waals surface area contributed by atoms with Crippen LogP contribution >= 0.6 is 28.0 Å². The SMILES string of the molecule is [CH3][Ge]([CH3])([Br])[CH2]C[CH2][Ge]([CH3])([CH3])[Br]. The van der Waals surface area contributed by atoms with E-state index in [1.807, 2.05) is 0 Å². The Hall–Kier alpha value is 2.05. The van der Waals surface area contributed by atoms with Gasteiger partial charge in [0.15, 0.2) is 0 Å². The van der Waals surface area contributed by atoms with Gasteiger partial charge in [-0.2, -0.15) is 0 Å². The van der Waals surface area contributed by atoms with E-state index >= 15 is 0 Å². The van der Waals surface area contributed by atoms with Crippen molar-refractivity contribution in [2.75, 3.05) is 0 Å². The summed E-state index contributed by atoms with van der Waals surface area (Å²) in [6.45, 7) is 0. The molecule has 0 aromatic carbocycles. The van der Waals surface area contributed by atoms with Gasteiger partial charge in [-0.3, -0.25) is 0 Å². The molecule has 0 N–H and O–H groups in total. The van der Waals surface area contributed by atoms with Crippen molar-refractivity contribution >= 4 is 50.9 Å². The first-order valence-electron chi connectivity index (χ1n) is 4.09. The minimum absolute atomic E-state index is 1.38. The second kappa shape index (κ2) is 5.06. The Labute approximate surface area is 89.9 Å². The summed E-state index contributed by atoms with van der Waals surface area (Å²) in [5, 5.41) is 2.94. The zero-order chi connectivity index (χ0) is 9.12. The summed E-state index contributed by atoms with van der Waals surface area (Å²) in [5.74, 6) is 9.70. The quantitative estimate of drug-likeness (QED) is 0.599. The van der Waals surface area contributed by atoms with Gasteiger partial charge in [-0.1, -0.05) is 0 Å². The first kappa shape index (κ1) is 13.0. The molecule has 0 aliphatic heterocycles. The van der Waals surface area contributed by atoms with E-state index in [1.165, 1.54) is 16.9 Å². The molecule has 0 rings (SSSR count). The Morgan fingerprint density at radius 3 is 1.27 bits per heavy atom. The van der Waals surface area contributed by atoms with E-state index in [0.717, 1.165) is 0 Å². The van der Waals surface area contributed by atoms with E-state index in [1.54, 1.807) is 0 Å². The van der Waals surface area contributed by atoms with Crippen molar-refractivity contribution in [1.82, 2.24) is 0 Å². The van der Waals surface area contributed by atoms with Gasteiger partial charge in [0.1, 0.15) is 0 Å². The monoisotopic (exact) mass is 408 g/mol. The average Bonchev–Trinajstić information content (AvgIpc) is 1.55. The molecular formula is C7H18Br2Ge2. The fourth-order valence-corrected chi connectivity index (χ4v) is 9.67. The molecule has 0 aromatic heterocycles. The topological polar surface area (TPSA) is 0 Å². The zero-order valence-corrected chi connectivity index (χ0v) is 15.2. The standard InChI is InChI=1S/C7H18Br2Ge2/c1-10(2,8)6-5-7-11(3,4)9/h5-7H2,1-4H3. The van der Waals surface area contributed by atoms with E-state index in [9.17, 15) is 0 Å². The van der Waals surface area contributed by atoms with Crippen LogP contribution in [0.5, 0.6) is 0 Å². The van der Waals surface area contributed by atoms with Gasteiger partial charge >= 0.3 is 90.8 Å². The Bertz CT molecular complexity index is 98.6. The van der Waals surface area contributed by atoms with E-state index in [-0.39, 0.29) is 0 Å². The van der Waals surface area contributed by atoms with Crippen molar-refractivity contribution in [3.05, 3.63) is 0 Å². The Kier molecular flexibility index (Phi) is 6.00. The Morgan fingerprint density at radius 1 is 0.818 bits per heavy atom. The molecule has 0 saturated carbocycles. The first-order chi connectivity index (χ1) is 4.71. The van der Waals surface area contributed by atoms with E-state index in [4.69, 9.17) is 0 Å². The fourth-order valence-electron chi connectivity index (χ4n) is 0.929. The van der Waals surface area contributed by atoms with Gasteiger partial charge in [-0.15, -0.1) is 0 Å². The van der Waals surface area contributed by atoms with Crippen molar-refractivity contribution in [3.63, 3.8) is 0 Å². The summed E-state index contributed by atoms with van der Waals surface area (Å²) in [6, 6.07) is 0. The number of hydrogen-bond donors (Lipinski definition) is 0. The molecule has 0 unspecified atom stereocenters. The summed E-state index contributed by atoms with van der Waals surface area (Å²) in [6.07, 6.45) is 1.44. The van der Waals surface area contributed by atoms with Gasteiger partial charge in [-0.25, -0.2) is 0 Å². The van der Waals surface area contributed by atoms with Gasteiger partial charge in [0.05, 0.1) is 0 Å². The molecule has 0 aliphatic carbocycles. The molecule has 0 atom stereocenters. The number of halogens is 2. The molecule has 0 saturated heterocycles. The summed E-state index contributed by atoms with van der Waals surface area (Å²) < 4.78 is 0. The van der Waals surface area contributed by atoms with Crippen molar-refractivity contribution in [2.45, 2.75) is 40.0 Å². The van der Waals surface area contributed by atoms with Gasteiger partial charge in [0.2, 0.25) is 0 Å². The molecule has 11 heavy (non-hydrogen) atoms. The predicted octanol–water partition coefficient (Wildman–Crippen LogP) is 4.58. The summed E-state index contributed by atoms with van der Waals surface area (Å²) in [5.41, 5.74) is 0. The molecule has 0 nitrogen and oxygen atoms in total. The van der Waals surface area contributed by atoms with Gasteiger partial charge < -0.3 is 0 Å². The van der Waals surface area contributed by atoms with Crippen LogP contribution < -0.4 is 0 Å². The van der Waals surface area contributed by atoms with Crippen LogP contribution in [0.2, 0.25) is 33.5 Å². The van der Waals surface area contributed by atoms with Crippen LogP contribution in [-0.4, -0.2) is 22.8 Å². The maximum atomic E-state index is 3.84. The van der Waals surface area contributed by atoms with Crippen LogP contribution in [-0.2, 0) is 0 Å². The molecule has 0 aromatic rings. The third-order valence-electron chi connectivity index (χ3n) is 1.54. The third kappa shape index (κ3) is 12.0. The summed E-state index contributed by atoms with van der Waals surface area (Å²) in [7, 11) is 0. The fraction of sp³-hybridized carbons (Fsp3) is 1.00. The second-order valence-corrected chi connectivity index (χ2v) is 43.1. The molecular weight excluding hydrogens is 389 g/mol. The molecule has 68 valence electrons. The molecule has 0 spiro atoms.